The van der Waals surface area contributed by atoms with E-state index in [4.69, 9.17) is 0 Å². The lowest BCUT2D eigenvalue weighted by Gasteiger charge is -2.12. The van der Waals surface area contributed by atoms with Crippen LogP contribution in [0.3, 0.4) is 0 Å². The third-order valence-corrected chi connectivity index (χ3v) is 1.92. The Hall–Kier alpha value is -1.99. The molecule has 1 rings (SSSR count). The Morgan fingerprint density at radius 3 is 2.47 bits per heavy atom. The zero-order valence-electron chi connectivity index (χ0n) is 8.84. The largest absolute Gasteiger partial charge is 0.573 e. The molecule has 0 bridgehead atoms. The molecule has 0 aliphatic rings. The van der Waals surface area contributed by atoms with Gasteiger partial charge in [0.15, 0.2) is 0 Å². The minimum atomic E-state index is -4.91. The first-order valence-corrected chi connectivity index (χ1v) is 4.32. The predicted molar refractivity (Wildman–Crippen MR) is 49.8 cm³/mol. The first kappa shape index (κ1) is 13.1. The van der Waals surface area contributed by atoms with Gasteiger partial charge in [-0.1, -0.05) is 0 Å². The minimum absolute atomic E-state index is 0.238. The molecule has 0 fully saturated rings. The van der Waals surface area contributed by atoms with Crippen LogP contribution < -0.4 is 10.3 Å². The van der Waals surface area contributed by atoms with Crippen molar-refractivity contribution in [2.75, 3.05) is 7.11 Å². The maximum absolute atomic E-state index is 12.0. The van der Waals surface area contributed by atoms with Gasteiger partial charge in [0.25, 0.3) is 5.56 Å². The summed E-state index contributed by atoms with van der Waals surface area (Å²) < 4.78 is 44.0. The smallest absolute Gasteiger partial charge is 0.465 e. The zero-order chi connectivity index (χ0) is 13.2. The highest BCUT2D eigenvalue weighted by Gasteiger charge is 2.33. The number of hydrogen-bond acceptors (Lipinski definition) is 4. The molecule has 0 unspecified atom stereocenters. The number of esters is 1. The van der Waals surface area contributed by atoms with Crippen LogP contribution in [0.4, 0.5) is 13.2 Å². The average Bonchev–Trinajstić information content (AvgIpc) is 2.20. The molecule has 1 aromatic heterocycles. The minimum Gasteiger partial charge on any atom is -0.465 e. The van der Waals surface area contributed by atoms with E-state index in [9.17, 15) is 22.8 Å². The number of pyridine rings is 1. The first-order valence-electron chi connectivity index (χ1n) is 4.32. The number of H-pyrrole nitrogens is 1. The van der Waals surface area contributed by atoms with Crippen LogP contribution in [0.1, 0.15) is 15.9 Å². The van der Waals surface area contributed by atoms with Crippen molar-refractivity contribution in [1.29, 1.82) is 0 Å². The fourth-order valence-electron chi connectivity index (χ4n) is 1.18. The van der Waals surface area contributed by atoms with Gasteiger partial charge in [0.2, 0.25) is 0 Å². The third kappa shape index (κ3) is 2.99. The van der Waals surface area contributed by atoms with E-state index in [0.717, 1.165) is 20.2 Å². The van der Waals surface area contributed by atoms with E-state index in [1.165, 1.54) is 0 Å². The Morgan fingerprint density at radius 1 is 1.41 bits per heavy atom. The average molecular weight is 251 g/mol. The standard InChI is InChI=1S/C9H8F3NO4/c1-4-5(17-9(10,11)12)3-13-7(14)6(4)8(15)16-2/h3H,1-2H3,(H,13,14). The monoisotopic (exact) mass is 251 g/mol. The quantitative estimate of drug-likeness (QED) is 0.806. The van der Waals surface area contributed by atoms with Crippen molar-refractivity contribution >= 4 is 5.97 Å². The van der Waals surface area contributed by atoms with Gasteiger partial charge in [-0.25, -0.2) is 4.79 Å². The maximum atomic E-state index is 12.0. The number of aromatic amines is 1. The van der Waals surface area contributed by atoms with Crippen LogP contribution >= 0.6 is 0 Å². The highest BCUT2D eigenvalue weighted by atomic mass is 19.4. The molecular weight excluding hydrogens is 243 g/mol. The van der Waals surface area contributed by atoms with Crippen molar-refractivity contribution in [3.8, 4) is 5.75 Å². The van der Waals surface area contributed by atoms with Gasteiger partial charge in [0, 0.05) is 11.8 Å². The molecule has 0 spiro atoms. The van der Waals surface area contributed by atoms with Crippen LogP contribution in [0.25, 0.3) is 0 Å². The number of carbonyl (C=O) groups excluding carboxylic acids is 1. The zero-order valence-corrected chi connectivity index (χ0v) is 8.84. The summed E-state index contributed by atoms with van der Waals surface area (Å²) in [6.07, 6.45) is -4.17. The molecule has 1 N–H and O–H groups in total. The number of rotatable bonds is 2. The molecule has 0 aromatic carbocycles. The second-order valence-corrected chi connectivity index (χ2v) is 3.02. The molecule has 1 aromatic rings. The molecule has 0 saturated heterocycles. The number of methoxy groups -OCH3 is 1. The molecule has 0 radical (unpaired) electrons. The van der Waals surface area contributed by atoms with Crippen molar-refractivity contribution in [1.82, 2.24) is 4.98 Å². The van der Waals surface area contributed by atoms with E-state index < -0.39 is 29.2 Å². The summed E-state index contributed by atoms with van der Waals surface area (Å²) >= 11 is 0. The number of halogens is 3. The van der Waals surface area contributed by atoms with Gasteiger partial charge in [-0.15, -0.1) is 13.2 Å². The first-order chi connectivity index (χ1) is 7.76. The Bertz CT molecular complexity index is 492. The van der Waals surface area contributed by atoms with Gasteiger partial charge >= 0.3 is 12.3 Å². The fourth-order valence-corrected chi connectivity index (χ4v) is 1.18. The summed E-state index contributed by atoms with van der Waals surface area (Å²) in [5.41, 5.74) is -1.60. The molecule has 94 valence electrons. The van der Waals surface area contributed by atoms with E-state index >= 15 is 0 Å². The summed E-state index contributed by atoms with van der Waals surface area (Å²) in [6, 6.07) is 0. The van der Waals surface area contributed by atoms with Crippen molar-refractivity contribution in [3.63, 3.8) is 0 Å². The van der Waals surface area contributed by atoms with Gasteiger partial charge in [0.05, 0.1) is 7.11 Å². The van der Waals surface area contributed by atoms with E-state index in [0.29, 0.717) is 0 Å². The SMILES string of the molecule is COC(=O)c1c(C)c(OC(F)(F)F)c[nH]c1=O. The molecular formula is C9H8F3NO4. The maximum Gasteiger partial charge on any atom is 0.573 e. The summed E-state index contributed by atoms with van der Waals surface area (Å²) in [5, 5.41) is 0. The molecule has 17 heavy (non-hydrogen) atoms. The Balaban J connectivity index is 3.29. The van der Waals surface area contributed by atoms with Gasteiger partial charge in [-0.2, -0.15) is 0 Å². The van der Waals surface area contributed by atoms with Crippen LogP contribution in [0.5, 0.6) is 5.75 Å². The Morgan fingerprint density at radius 2 is 2.00 bits per heavy atom. The van der Waals surface area contributed by atoms with Crippen LogP contribution in [0.2, 0.25) is 0 Å². The number of ether oxygens (including phenoxy) is 2. The molecule has 0 aliphatic carbocycles. The molecule has 8 heteroatoms. The van der Waals surface area contributed by atoms with Crippen LogP contribution in [-0.2, 0) is 4.74 Å². The van der Waals surface area contributed by atoms with Crippen LogP contribution in [0, 0.1) is 6.92 Å². The number of hydrogen-bond donors (Lipinski definition) is 1. The van der Waals surface area contributed by atoms with Crippen molar-refractivity contribution in [2.24, 2.45) is 0 Å². The van der Waals surface area contributed by atoms with Gasteiger partial charge < -0.3 is 14.5 Å². The molecule has 0 saturated carbocycles. The van der Waals surface area contributed by atoms with Crippen molar-refractivity contribution < 1.29 is 27.4 Å². The van der Waals surface area contributed by atoms with Crippen LogP contribution in [0.15, 0.2) is 11.0 Å². The van der Waals surface area contributed by atoms with Crippen molar-refractivity contribution in [2.45, 2.75) is 13.3 Å². The second-order valence-electron chi connectivity index (χ2n) is 3.02. The van der Waals surface area contributed by atoms with Gasteiger partial charge in [-0.3, -0.25) is 4.79 Å². The molecule has 0 aliphatic heterocycles. The van der Waals surface area contributed by atoms with Crippen molar-refractivity contribution in [3.05, 3.63) is 27.7 Å². The van der Waals surface area contributed by atoms with E-state index in [2.05, 4.69) is 9.47 Å². The number of alkyl halides is 3. The fraction of sp³-hybridized carbons (Fsp3) is 0.333. The molecule has 1 heterocycles. The number of nitrogens with one attached hydrogen (secondary N) is 1. The van der Waals surface area contributed by atoms with Crippen LogP contribution in [-0.4, -0.2) is 24.4 Å². The topological polar surface area (TPSA) is 68.4 Å². The van der Waals surface area contributed by atoms with E-state index in [-0.39, 0.29) is 5.56 Å². The number of carbonyl (C=O) groups is 1. The molecule has 0 atom stereocenters. The van der Waals surface area contributed by atoms with Gasteiger partial charge in [-0.05, 0) is 6.92 Å². The molecule has 5 nitrogen and oxygen atoms in total. The highest BCUT2D eigenvalue weighted by Crippen LogP contribution is 2.25. The summed E-state index contributed by atoms with van der Waals surface area (Å²) in [6.45, 7) is 1.16. The highest BCUT2D eigenvalue weighted by molar-refractivity contribution is 5.91. The Labute approximate surface area is 93.2 Å². The van der Waals surface area contributed by atoms with Gasteiger partial charge in [0.1, 0.15) is 11.3 Å². The third-order valence-electron chi connectivity index (χ3n) is 1.92. The van der Waals surface area contributed by atoms with E-state index in [1.54, 1.807) is 0 Å². The summed E-state index contributed by atoms with van der Waals surface area (Å²) in [5.74, 6) is -1.69. The summed E-state index contributed by atoms with van der Waals surface area (Å²) in [4.78, 5) is 24.4. The Kier molecular flexibility index (Phi) is 3.45. The normalized spacial score (nSPS) is 11.1. The predicted octanol–water partition coefficient (Wildman–Crippen LogP) is 1.37. The lowest BCUT2D eigenvalue weighted by molar-refractivity contribution is -0.275. The lowest BCUT2D eigenvalue weighted by Crippen LogP contribution is -2.24. The molecule has 0 amide bonds. The summed E-state index contributed by atoms with van der Waals surface area (Å²) in [7, 11) is 1.01. The lowest BCUT2D eigenvalue weighted by atomic mass is 10.1. The second kappa shape index (κ2) is 4.48. The number of aromatic nitrogens is 1. The van der Waals surface area contributed by atoms with E-state index in [1.807, 2.05) is 4.98 Å².